The van der Waals surface area contributed by atoms with Crippen molar-refractivity contribution in [3.05, 3.63) is 65.8 Å². The van der Waals surface area contributed by atoms with Crippen LogP contribution in [0.5, 0.6) is 0 Å². The molecule has 11 heteroatoms. The molecule has 0 radical (unpaired) electrons. The topological polar surface area (TPSA) is 98.0 Å². The van der Waals surface area contributed by atoms with Crippen LogP contribution in [-0.2, 0) is 22.0 Å². The van der Waals surface area contributed by atoms with E-state index in [2.05, 4.69) is 19.8 Å². The summed E-state index contributed by atoms with van der Waals surface area (Å²) in [6.45, 7) is 3.51. The predicted octanol–water partition coefficient (Wildman–Crippen LogP) is 3.97. The number of halogens is 3. The highest BCUT2D eigenvalue weighted by Crippen LogP contribution is 2.30. The van der Waals surface area contributed by atoms with Crippen molar-refractivity contribution in [2.75, 3.05) is 0 Å². The summed E-state index contributed by atoms with van der Waals surface area (Å²) in [5.74, 6) is -0.579. The van der Waals surface area contributed by atoms with Crippen molar-refractivity contribution in [1.29, 1.82) is 0 Å². The second kappa shape index (κ2) is 8.52. The lowest BCUT2D eigenvalue weighted by Gasteiger charge is -2.18. The first-order chi connectivity index (χ1) is 14.0. The van der Waals surface area contributed by atoms with Gasteiger partial charge in [0.25, 0.3) is 0 Å². The van der Waals surface area contributed by atoms with E-state index in [1.165, 1.54) is 18.3 Å². The quantitative estimate of drug-likeness (QED) is 0.597. The second-order valence-electron chi connectivity index (χ2n) is 6.99. The van der Waals surface area contributed by atoms with Crippen molar-refractivity contribution in [3.8, 4) is 11.4 Å². The number of nitrogens with zero attached hydrogens (tertiary/aromatic N) is 3. The van der Waals surface area contributed by atoms with Crippen LogP contribution in [0.4, 0.5) is 13.2 Å². The zero-order chi connectivity index (χ0) is 21.9. The Morgan fingerprint density at radius 3 is 2.57 bits per heavy atom. The van der Waals surface area contributed by atoms with E-state index in [4.69, 9.17) is 4.52 Å². The van der Waals surface area contributed by atoms with Gasteiger partial charge in [0.2, 0.25) is 21.7 Å². The summed E-state index contributed by atoms with van der Waals surface area (Å²) < 4.78 is 71.6. The van der Waals surface area contributed by atoms with Gasteiger partial charge in [0.15, 0.2) is 0 Å². The van der Waals surface area contributed by atoms with E-state index in [-0.39, 0.29) is 23.2 Å². The average molecular weight is 440 g/mol. The van der Waals surface area contributed by atoms with Crippen LogP contribution >= 0.6 is 0 Å². The van der Waals surface area contributed by atoms with Crippen LogP contribution in [0.25, 0.3) is 11.4 Å². The molecular weight excluding hydrogens is 421 g/mol. The molecule has 0 aliphatic rings. The lowest BCUT2D eigenvalue weighted by Crippen LogP contribution is -2.33. The maximum absolute atomic E-state index is 12.9. The molecule has 0 saturated carbocycles. The highest BCUT2D eigenvalue weighted by Gasteiger charge is 2.31. The Labute approximate surface area is 171 Å². The fourth-order valence-electron chi connectivity index (χ4n) is 2.74. The number of benzene rings is 1. The Bertz CT molecular complexity index is 1100. The molecule has 160 valence electrons. The highest BCUT2D eigenvalue weighted by atomic mass is 32.2. The van der Waals surface area contributed by atoms with E-state index in [1.807, 2.05) is 0 Å². The third kappa shape index (κ3) is 5.42. The third-order valence-electron chi connectivity index (χ3n) is 4.21. The molecule has 0 amide bonds. The van der Waals surface area contributed by atoms with Gasteiger partial charge in [0.05, 0.1) is 11.3 Å². The molecule has 1 aromatic carbocycles. The molecule has 2 heterocycles. The van der Waals surface area contributed by atoms with Gasteiger partial charge < -0.3 is 4.52 Å². The predicted molar refractivity (Wildman–Crippen MR) is 102 cm³/mol. The van der Waals surface area contributed by atoms with Gasteiger partial charge in [-0.3, -0.25) is 4.98 Å². The minimum atomic E-state index is -4.56. The van der Waals surface area contributed by atoms with Crippen LogP contribution < -0.4 is 4.72 Å². The Morgan fingerprint density at radius 1 is 1.17 bits per heavy atom. The first-order valence-corrected chi connectivity index (χ1v) is 10.6. The van der Waals surface area contributed by atoms with Crippen molar-refractivity contribution >= 4 is 10.0 Å². The van der Waals surface area contributed by atoms with Gasteiger partial charge in [-0.05, 0) is 29.7 Å². The first kappa shape index (κ1) is 21.9. The third-order valence-corrected chi connectivity index (χ3v) is 5.54. The van der Waals surface area contributed by atoms with Crippen LogP contribution in [0.2, 0.25) is 0 Å². The molecular formula is C19H19F3N4O3S. The van der Waals surface area contributed by atoms with Crippen molar-refractivity contribution in [2.24, 2.45) is 5.92 Å². The normalized spacial score (nSPS) is 13.5. The van der Waals surface area contributed by atoms with E-state index in [1.54, 1.807) is 32.2 Å². The zero-order valence-electron chi connectivity index (χ0n) is 16.1. The smallest absolute Gasteiger partial charge is 0.337 e. The highest BCUT2D eigenvalue weighted by molar-refractivity contribution is 7.88. The van der Waals surface area contributed by atoms with Gasteiger partial charge in [0.1, 0.15) is 6.04 Å². The summed E-state index contributed by atoms with van der Waals surface area (Å²) in [5.41, 5.74) is -0.295. The fraction of sp³-hybridized carbons (Fsp3) is 0.316. The van der Waals surface area contributed by atoms with Crippen molar-refractivity contribution in [2.45, 2.75) is 31.8 Å². The van der Waals surface area contributed by atoms with Gasteiger partial charge in [-0.1, -0.05) is 37.2 Å². The maximum Gasteiger partial charge on any atom is 0.416 e. The average Bonchev–Trinajstić information content (AvgIpc) is 3.16. The summed E-state index contributed by atoms with van der Waals surface area (Å²) in [6.07, 6.45) is -1.43. The van der Waals surface area contributed by atoms with Crippen molar-refractivity contribution < 1.29 is 26.1 Å². The lowest BCUT2D eigenvalue weighted by atomic mass is 10.1. The van der Waals surface area contributed by atoms with Crippen LogP contribution in [0.15, 0.2) is 53.3 Å². The number of hydrogen-bond acceptors (Lipinski definition) is 6. The molecule has 0 fully saturated rings. The first-order valence-electron chi connectivity index (χ1n) is 8.95. The van der Waals surface area contributed by atoms with Crippen LogP contribution in [0.3, 0.4) is 0 Å². The van der Waals surface area contributed by atoms with Crippen molar-refractivity contribution in [3.63, 3.8) is 0 Å². The van der Waals surface area contributed by atoms with E-state index in [0.29, 0.717) is 5.56 Å². The molecule has 1 N–H and O–H groups in total. The number of nitrogens with one attached hydrogen (secondary N) is 1. The molecule has 30 heavy (non-hydrogen) atoms. The van der Waals surface area contributed by atoms with Gasteiger partial charge in [-0.25, -0.2) is 13.1 Å². The van der Waals surface area contributed by atoms with Crippen molar-refractivity contribution in [1.82, 2.24) is 19.8 Å². The molecule has 0 aliphatic carbocycles. The van der Waals surface area contributed by atoms with Crippen LogP contribution in [0, 0.1) is 5.92 Å². The molecule has 0 aliphatic heterocycles. The number of sulfonamides is 1. The van der Waals surface area contributed by atoms with Gasteiger partial charge in [-0.2, -0.15) is 18.2 Å². The Kier molecular flexibility index (Phi) is 6.22. The zero-order valence-corrected chi connectivity index (χ0v) is 16.9. The molecule has 0 saturated heterocycles. The van der Waals surface area contributed by atoms with E-state index < -0.39 is 33.6 Å². The number of aromatic nitrogens is 3. The van der Waals surface area contributed by atoms with E-state index in [0.717, 1.165) is 12.1 Å². The number of pyridine rings is 1. The number of rotatable bonds is 7. The van der Waals surface area contributed by atoms with Gasteiger partial charge >= 0.3 is 6.18 Å². The molecule has 3 rings (SSSR count). The standard InChI is InChI=1S/C19H19F3N4O3S/c1-12(2)16(18-24-17(25-29-18)14-6-4-8-23-10-14)26-30(27,28)11-13-5-3-7-15(9-13)19(20,21)22/h3-10,12,16,26H,11H2,1-2H3. The summed E-state index contributed by atoms with van der Waals surface area (Å²) in [5, 5.41) is 3.86. The van der Waals surface area contributed by atoms with Crippen LogP contribution in [0.1, 0.15) is 36.9 Å². The van der Waals surface area contributed by atoms with Crippen LogP contribution in [-0.4, -0.2) is 23.5 Å². The minimum absolute atomic E-state index is 0.0152. The molecule has 1 unspecified atom stereocenters. The molecule has 3 aromatic rings. The summed E-state index contributed by atoms with van der Waals surface area (Å²) >= 11 is 0. The monoisotopic (exact) mass is 440 g/mol. The lowest BCUT2D eigenvalue weighted by molar-refractivity contribution is -0.137. The second-order valence-corrected chi connectivity index (χ2v) is 8.75. The Balaban J connectivity index is 1.80. The summed E-state index contributed by atoms with van der Waals surface area (Å²) in [6, 6.07) is 6.78. The molecule has 1 atom stereocenters. The maximum atomic E-state index is 12.9. The largest absolute Gasteiger partial charge is 0.416 e. The van der Waals surface area contributed by atoms with Gasteiger partial charge in [0, 0.05) is 18.0 Å². The number of hydrogen-bond donors (Lipinski definition) is 1. The van der Waals surface area contributed by atoms with Gasteiger partial charge in [-0.15, -0.1) is 0 Å². The number of alkyl halides is 3. The SMILES string of the molecule is CC(C)C(NS(=O)(=O)Cc1cccc(C(F)(F)F)c1)c1nc(-c2cccnc2)no1. The van der Waals surface area contributed by atoms with E-state index >= 15 is 0 Å². The molecule has 0 bridgehead atoms. The minimum Gasteiger partial charge on any atom is -0.337 e. The molecule has 7 nitrogen and oxygen atoms in total. The molecule has 0 spiro atoms. The Hall–Kier alpha value is -2.79. The summed E-state index contributed by atoms with van der Waals surface area (Å²) in [4.78, 5) is 8.21. The Morgan fingerprint density at radius 2 is 1.93 bits per heavy atom. The summed E-state index contributed by atoms with van der Waals surface area (Å²) in [7, 11) is -4.00. The molecule has 2 aromatic heterocycles. The van der Waals surface area contributed by atoms with E-state index in [9.17, 15) is 21.6 Å². The fourth-order valence-corrected chi connectivity index (χ4v) is 4.20.